The number of rotatable bonds is 10. The minimum absolute atomic E-state index is 0.134. The predicted octanol–water partition coefficient (Wildman–Crippen LogP) is 5.27. The van der Waals surface area contributed by atoms with Crippen molar-refractivity contribution in [3.63, 3.8) is 0 Å². The van der Waals surface area contributed by atoms with Gasteiger partial charge in [-0.15, -0.1) is 0 Å². The fraction of sp³-hybridized carbons (Fsp3) is 0.212. The molecule has 2 aromatic heterocycles. The third-order valence-electron chi connectivity index (χ3n) is 7.73. The Labute approximate surface area is 293 Å². The lowest BCUT2D eigenvalue weighted by molar-refractivity contribution is -0.832. The molecule has 1 N–H and O–H groups in total. The summed E-state index contributed by atoms with van der Waals surface area (Å²) in [4.78, 5) is 23.4. The number of carbonyl (C=O) groups is 1. The summed E-state index contributed by atoms with van der Waals surface area (Å²) in [7, 11) is -4.31. The summed E-state index contributed by atoms with van der Waals surface area (Å²) in [5.41, 5.74) is 0.512. The Kier molecular flexibility index (Phi) is 10.1. The number of hydrogen-bond donors (Lipinski definition) is 1. The van der Waals surface area contributed by atoms with E-state index >= 15 is 0 Å². The van der Waals surface area contributed by atoms with E-state index in [1.54, 1.807) is 30.3 Å². The first-order valence-electron chi connectivity index (χ1n) is 15.2. The number of piperidine rings is 1. The van der Waals surface area contributed by atoms with Crippen LogP contribution in [0.4, 0.5) is 24.7 Å². The molecule has 1 aliphatic heterocycles. The third kappa shape index (κ3) is 7.89. The van der Waals surface area contributed by atoms with Crippen LogP contribution in [0.25, 0.3) is 11.3 Å². The van der Waals surface area contributed by atoms with Crippen molar-refractivity contribution in [2.75, 3.05) is 29.1 Å². The van der Waals surface area contributed by atoms with Gasteiger partial charge in [0.15, 0.2) is 11.0 Å². The van der Waals surface area contributed by atoms with Crippen molar-refractivity contribution >= 4 is 39.0 Å². The summed E-state index contributed by atoms with van der Waals surface area (Å²) in [5, 5.41) is 28.1. The van der Waals surface area contributed by atoms with Crippen LogP contribution in [0.3, 0.4) is 0 Å². The van der Waals surface area contributed by atoms with E-state index in [4.69, 9.17) is 4.74 Å². The highest BCUT2D eigenvalue weighted by Gasteiger charge is 2.38. The summed E-state index contributed by atoms with van der Waals surface area (Å²) in [5.74, 6) is -0.843. The highest BCUT2D eigenvalue weighted by molar-refractivity contribution is 7.99. The van der Waals surface area contributed by atoms with Crippen LogP contribution < -0.4 is 19.9 Å². The zero-order valence-corrected chi connectivity index (χ0v) is 27.9. The molecular formula is C33H26F3N7O6S2. The highest BCUT2D eigenvalue weighted by atomic mass is 32.2. The summed E-state index contributed by atoms with van der Waals surface area (Å²) in [6.45, 7) is 0.609. The molecule has 5 aromatic rings. The molecule has 3 aromatic carbocycles. The number of nitrogens with zero attached hydrogens (tertiary/aromatic N) is 6. The smallest absolute Gasteiger partial charge is 0.416 e. The second-order valence-electron chi connectivity index (χ2n) is 11.1. The third-order valence-corrected chi connectivity index (χ3v) is 10.3. The van der Waals surface area contributed by atoms with Crippen LogP contribution in [-0.2, 0) is 20.8 Å². The van der Waals surface area contributed by atoms with Gasteiger partial charge in [0.25, 0.3) is 9.84 Å². The lowest BCUT2D eigenvalue weighted by Gasteiger charge is -2.32. The largest absolute Gasteiger partial charge is 0.451 e. The van der Waals surface area contributed by atoms with Gasteiger partial charge in [0.2, 0.25) is 5.91 Å². The molecule has 13 nitrogen and oxygen atoms in total. The number of alkyl halides is 3. The summed E-state index contributed by atoms with van der Waals surface area (Å²) in [6, 6.07) is 22.5. The van der Waals surface area contributed by atoms with Crippen molar-refractivity contribution < 1.29 is 40.7 Å². The Morgan fingerprint density at radius 3 is 2.31 bits per heavy atom. The number of hydrogen-bond acceptors (Lipinski definition) is 12. The summed E-state index contributed by atoms with van der Waals surface area (Å²) < 4.78 is 75.6. The zero-order chi connectivity index (χ0) is 36.2. The molecule has 0 atom stereocenters. The lowest BCUT2D eigenvalue weighted by atomic mass is 10.0. The van der Waals surface area contributed by atoms with E-state index in [1.807, 2.05) is 11.0 Å². The number of ether oxygens (including phenoxy) is 1. The Hall–Kier alpha value is -5.67. The lowest BCUT2D eigenvalue weighted by Crippen LogP contribution is -2.39. The van der Waals surface area contributed by atoms with E-state index in [0.717, 1.165) is 36.0 Å². The molecule has 1 amide bonds. The first-order valence-corrected chi connectivity index (χ1v) is 17.7. The standard InChI is InChI=1S/C33H26F3N7O6S2/c34-33(35,36)22-11-13-23(14-12-22)38-27(44)20-50-32-39-28(21-7-3-1-4-8-21)26(19-37)29(40-32)42-17-15-24(16-18-42)48-30-31(43(45)49-41-30)51(46,47)25-9-5-2-6-10-25/h1-14,24H,15-18,20H2,(H,38,44). The molecule has 3 heterocycles. The van der Waals surface area contributed by atoms with Crippen molar-refractivity contribution in [2.45, 2.75) is 40.2 Å². The van der Waals surface area contributed by atoms with E-state index in [2.05, 4.69) is 31.1 Å². The molecular weight excluding hydrogens is 712 g/mol. The van der Waals surface area contributed by atoms with Crippen LogP contribution in [0.1, 0.15) is 24.0 Å². The normalized spacial score (nSPS) is 13.8. The number of halogens is 3. The number of nitriles is 1. The van der Waals surface area contributed by atoms with Crippen LogP contribution in [0.15, 0.2) is 105 Å². The maximum atomic E-state index is 13.2. The second kappa shape index (κ2) is 14.7. The van der Waals surface area contributed by atoms with Gasteiger partial charge in [-0.3, -0.25) is 9.42 Å². The maximum Gasteiger partial charge on any atom is 0.416 e. The van der Waals surface area contributed by atoms with Crippen LogP contribution >= 0.6 is 11.8 Å². The van der Waals surface area contributed by atoms with Crippen LogP contribution in [0.5, 0.6) is 5.88 Å². The molecule has 0 saturated carbocycles. The molecule has 0 radical (unpaired) electrons. The number of anilines is 2. The Morgan fingerprint density at radius 1 is 1.04 bits per heavy atom. The fourth-order valence-electron chi connectivity index (χ4n) is 5.27. The Morgan fingerprint density at radius 2 is 1.69 bits per heavy atom. The van der Waals surface area contributed by atoms with Gasteiger partial charge in [-0.05, 0) is 41.3 Å². The van der Waals surface area contributed by atoms with E-state index in [0.29, 0.717) is 43.0 Å². The molecule has 6 rings (SSSR count). The van der Waals surface area contributed by atoms with Gasteiger partial charge < -0.3 is 20.2 Å². The number of sulfone groups is 1. The predicted molar refractivity (Wildman–Crippen MR) is 176 cm³/mol. The molecule has 1 aliphatic rings. The van der Waals surface area contributed by atoms with Gasteiger partial charge in [-0.1, -0.05) is 60.3 Å². The minimum atomic E-state index is -4.51. The summed E-state index contributed by atoms with van der Waals surface area (Å²) in [6.07, 6.45) is -4.43. The molecule has 0 unspecified atom stereocenters. The minimum Gasteiger partial charge on any atom is -0.451 e. The molecule has 0 aliphatic carbocycles. The molecule has 0 spiro atoms. The van der Waals surface area contributed by atoms with Crippen molar-refractivity contribution in [2.24, 2.45) is 0 Å². The molecule has 1 saturated heterocycles. The van der Waals surface area contributed by atoms with Gasteiger partial charge >= 0.3 is 17.1 Å². The van der Waals surface area contributed by atoms with Gasteiger partial charge in [0.1, 0.15) is 17.7 Å². The molecule has 1 fully saturated rings. The van der Waals surface area contributed by atoms with Gasteiger partial charge in [0, 0.05) is 37.2 Å². The van der Waals surface area contributed by atoms with Crippen molar-refractivity contribution in [1.29, 1.82) is 5.26 Å². The van der Waals surface area contributed by atoms with Crippen LogP contribution in [0.2, 0.25) is 0 Å². The number of amides is 1. The highest BCUT2D eigenvalue weighted by Crippen LogP contribution is 2.34. The van der Waals surface area contributed by atoms with Crippen LogP contribution in [0, 0.1) is 16.5 Å². The van der Waals surface area contributed by atoms with Crippen molar-refractivity contribution in [3.05, 3.63) is 101 Å². The summed E-state index contributed by atoms with van der Waals surface area (Å²) >= 11 is 0.986. The Balaban J connectivity index is 1.19. The van der Waals surface area contributed by atoms with E-state index < -0.39 is 44.5 Å². The van der Waals surface area contributed by atoms with Crippen molar-refractivity contribution in [3.8, 4) is 23.2 Å². The average molecular weight is 738 g/mol. The molecule has 0 bridgehead atoms. The number of carbonyl (C=O) groups excluding carboxylic acids is 1. The average Bonchev–Trinajstić information content (AvgIpc) is 3.51. The SMILES string of the molecule is N#Cc1c(-c2ccccc2)nc(SCC(=O)Nc2ccc(C(F)(F)F)cc2)nc1N1CCC(Oc2no[n+]([O-])c2S(=O)(=O)c2ccccc2)CC1. The van der Waals surface area contributed by atoms with Gasteiger partial charge in [0.05, 0.1) is 27.1 Å². The second-order valence-corrected chi connectivity index (χ2v) is 13.9. The quantitative estimate of drug-likeness (QED) is 0.112. The topological polar surface area (TPSA) is 178 Å². The fourth-order valence-corrected chi connectivity index (χ4v) is 7.19. The number of aromatic nitrogens is 4. The monoisotopic (exact) mass is 737 g/mol. The Bertz CT molecular complexity index is 2170. The maximum absolute atomic E-state index is 13.2. The molecule has 262 valence electrons. The number of nitrogens with one attached hydrogen (secondary N) is 1. The first-order chi connectivity index (χ1) is 24.4. The number of thioether (sulfide) groups is 1. The molecule has 51 heavy (non-hydrogen) atoms. The zero-order valence-electron chi connectivity index (χ0n) is 26.3. The van der Waals surface area contributed by atoms with Gasteiger partial charge in [-0.25, -0.2) is 18.4 Å². The number of benzene rings is 3. The van der Waals surface area contributed by atoms with Gasteiger partial charge in [-0.2, -0.15) is 18.4 Å². The van der Waals surface area contributed by atoms with Crippen LogP contribution in [-0.4, -0.2) is 54.4 Å². The van der Waals surface area contributed by atoms with E-state index in [1.165, 1.54) is 24.3 Å². The van der Waals surface area contributed by atoms with Crippen molar-refractivity contribution in [1.82, 2.24) is 15.1 Å². The molecule has 18 heteroatoms. The van der Waals surface area contributed by atoms with E-state index in [9.17, 15) is 36.9 Å². The first kappa shape index (κ1) is 35.2. The van der Waals surface area contributed by atoms with E-state index in [-0.39, 0.29) is 32.0 Å².